The van der Waals surface area contributed by atoms with Gasteiger partial charge in [0, 0.05) is 12.6 Å². The molecule has 0 saturated heterocycles. The zero-order chi connectivity index (χ0) is 17.5. The first kappa shape index (κ1) is 18.4. The summed E-state index contributed by atoms with van der Waals surface area (Å²) < 4.78 is 16.1. The lowest BCUT2D eigenvalue weighted by Crippen LogP contribution is -2.42. The maximum atomic E-state index is 12.8. The van der Waals surface area contributed by atoms with Crippen molar-refractivity contribution in [3.63, 3.8) is 0 Å². The molecule has 0 atom stereocenters. The van der Waals surface area contributed by atoms with Gasteiger partial charge in [0.05, 0.1) is 27.8 Å². The molecule has 0 N–H and O–H groups in total. The molecule has 0 spiro atoms. The highest BCUT2D eigenvalue weighted by Gasteiger charge is 2.24. The Balaban J connectivity index is 2.17. The molecule has 0 unspecified atom stereocenters. The summed E-state index contributed by atoms with van der Waals surface area (Å²) in [5.41, 5.74) is 0.878. The number of ether oxygens (including phenoxy) is 3. The lowest BCUT2D eigenvalue weighted by atomic mass is 9.93. The number of amides is 1. The smallest absolute Gasteiger partial charge is 0.227 e. The fourth-order valence-corrected chi connectivity index (χ4v) is 3.54. The number of hydrogen-bond donors (Lipinski definition) is 0. The Morgan fingerprint density at radius 2 is 1.62 bits per heavy atom. The van der Waals surface area contributed by atoms with Crippen LogP contribution in [0, 0.1) is 0 Å². The number of likely N-dealkylation sites (N-methyl/N-ethyl adjacent to an activating group) is 1. The normalized spacial score (nSPS) is 15.0. The standard InChI is InChI=1S/C19H29NO4/c1-5-20(15-9-7-6-8-10-15)18(21)13-14-11-16(22-2)19(24-4)17(12-14)23-3/h11-12,15H,5-10,13H2,1-4H3. The van der Waals surface area contributed by atoms with Crippen molar-refractivity contribution in [1.82, 2.24) is 4.90 Å². The van der Waals surface area contributed by atoms with Crippen LogP contribution in [0.4, 0.5) is 0 Å². The monoisotopic (exact) mass is 335 g/mol. The van der Waals surface area contributed by atoms with Gasteiger partial charge in [0.15, 0.2) is 11.5 Å². The highest BCUT2D eigenvalue weighted by atomic mass is 16.5. The summed E-state index contributed by atoms with van der Waals surface area (Å²) in [5, 5.41) is 0. The van der Waals surface area contributed by atoms with Gasteiger partial charge in [0.1, 0.15) is 0 Å². The average molecular weight is 335 g/mol. The van der Waals surface area contributed by atoms with Crippen LogP contribution in [-0.4, -0.2) is 44.7 Å². The van der Waals surface area contributed by atoms with Crippen LogP contribution in [0.5, 0.6) is 17.2 Å². The maximum Gasteiger partial charge on any atom is 0.227 e. The second-order valence-electron chi connectivity index (χ2n) is 6.18. The predicted octanol–water partition coefficient (Wildman–Crippen LogP) is 3.44. The molecule has 0 aromatic heterocycles. The summed E-state index contributed by atoms with van der Waals surface area (Å²) in [6.07, 6.45) is 6.32. The number of hydrogen-bond acceptors (Lipinski definition) is 4. The Morgan fingerprint density at radius 3 is 2.08 bits per heavy atom. The van der Waals surface area contributed by atoms with Crippen molar-refractivity contribution >= 4 is 5.91 Å². The molecule has 5 heteroatoms. The highest BCUT2D eigenvalue weighted by molar-refractivity contribution is 5.79. The minimum atomic E-state index is 0.165. The third-order valence-corrected chi connectivity index (χ3v) is 4.76. The van der Waals surface area contributed by atoms with Crippen LogP contribution in [0.2, 0.25) is 0 Å². The van der Waals surface area contributed by atoms with E-state index in [2.05, 4.69) is 6.92 Å². The average Bonchev–Trinajstić information content (AvgIpc) is 2.62. The van der Waals surface area contributed by atoms with E-state index >= 15 is 0 Å². The van der Waals surface area contributed by atoms with E-state index in [9.17, 15) is 4.79 Å². The largest absolute Gasteiger partial charge is 0.493 e. The first-order chi connectivity index (χ1) is 11.6. The van der Waals surface area contributed by atoms with Gasteiger partial charge in [-0.25, -0.2) is 0 Å². The molecule has 1 aromatic rings. The van der Waals surface area contributed by atoms with Gasteiger partial charge in [-0.15, -0.1) is 0 Å². The van der Waals surface area contributed by atoms with Gasteiger partial charge in [-0.2, -0.15) is 0 Å². The molecule has 1 aliphatic rings. The summed E-state index contributed by atoms with van der Waals surface area (Å²) in [6.45, 7) is 2.82. The first-order valence-corrected chi connectivity index (χ1v) is 8.72. The second-order valence-corrected chi connectivity index (χ2v) is 6.18. The zero-order valence-electron chi connectivity index (χ0n) is 15.3. The molecule has 0 radical (unpaired) electrons. The fourth-order valence-electron chi connectivity index (χ4n) is 3.54. The van der Waals surface area contributed by atoms with Crippen molar-refractivity contribution in [2.45, 2.75) is 51.5 Å². The summed E-state index contributed by atoms with van der Waals surface area (Å²) >= 11 is 0. The molecule has 134 valence electrons. The van der Waals surface area contributed by atoms with Gasteiger partial charge in [-0.3, -0.25) is 4.79 Å². The van der Waals surface area contributed by atoms with Crippen LogP contribution < -0.4 is 14.2 Å². The molecular formula is C19H29NO4. The lowest BCUT2D eigenvalue weighted by molar-refractivity contribution is -0.133. The predicted molar refractivity (Wildman–Crippen MR) is 94.1 cm³/mol. The van der Waals surface area contributed by atoms with E-state index in [1.165, 1.54) is 19.3 Å². The Labute approximate surface area is 144 Å². The number of benzene rings is 1. The van der Waals surface area contributed by atoms with Crippen molar-refractivity contribution in [2.24, 2.45) is 0 Å². The molecule has 1 fully saturated rings. The molecule has 24 heavy (non-hydrogen) atoms. The summed E-state index contributed by atoms with van der Waals surface area (Å²) in [4.78, 5) is 14.8. The van der Waals surface area contributed by atoms with Gasteiger partial charge >= 0.3 is 0 Å². The van der Waals surface area contributed by atoms with Gasteiger partial charge < -0.3 is 19.1 Å². The van der Waals surface area contributed by atoms with Gasteiger partial charge in [-0.1, -0.05) is 19.3 Å². The molecule has 1 aliphatic carbocycles. The van der Waals surface area contributed by atoms with Crippen LogP contribution >= 0.6 is 0 Å². The number of rotatable bonds is 7. The Bertz CT molecular complexity index is 527. The third-order valence-electron chi connectivity index (χ3n) is 4.76. The second kappa shape index (κ2) is 8.81. The first-order valence-electron chi connectivity index (χ1n) is 8.72. The van der Waals surface area contributed by atoms with Crippen LogP contribution in [-0.2, 0) is 11.2 Å². The molecular weight excluding hydrogens is 306 g/mol. The Kier molecular flexibility index (Phi) is 6.76. The van der Waals surface area contributed by atoms with Crippen molar-refractivity contribution < 1.29 is 19.0 Å². The van der Waals surface area contributed by atoms with Crippen molar-refractivity contribution in [3.05, 3.63) is 17.7 Å². The Morgan fingerprint density at radius 1 is 1.04 bits per heavy atom. The quantitative estimate of drug-likeness (QED) is 0.766. The van der Waals surface area contributed by atoms with Gasteiger partial charge in [0.25, 0.3) is 0 Å². The molecule has 1 amide bonds. The minimum absolute atomic E-state index is 0.165. The molecule has 1 aromatic carbocycles. The zero-order valence-corrected chi connectivity index (χ0v) is 15.3. The summed E-state index contributed by atoms with van der Waals surface area (Å²) in [5.74, 6) is 1.88. The van der Waals surface area contributed by atoms with Crippen LogP contribution in [0.15, 0.2) is 12.1 Å². The summed E-state index contributed by atoms with van der Waals surface area (Å²) in [6, 6.07) is 4.10. The number of methoxy groups -OCH3 is 3. The maximum absolute atomic E-state index is 12.8. The molecule has 5 nitrogen and oxygen atoms in total. The number of carbonyl (C=O) groups excluding carboxylic acids is 1. The van der Waals surface area contributed by atoms with Crippen molar-refractivity contribution in [3.8, 4) is 17.2 Å². The van der Waals surface area contributed by atoms with Gasteiger partial charge in [-0.05, 0) is 37.5 Å². The molecule has 1 saturated carbocycles. The van der Waals surface area contributed by atoms with Crippen LogP contribution in [0.25, 0.3) is 0 Å². The fraction of sp³-hybridized carbons (Fsp3) is 0.632. The highest BCUT2D eigenvalue weighted by Crippen LogP contribution is 2.38. The van der Waals surface area contributed by atoms with E-state index < -0.39 is 0 Å². The number of nitrogens with zero attached hydrogens (tertiary/aromatic N) is 1. The van der Waals surface area contributed by atoms with E-state index in [0.717, 1.165) is 24.9 Å². The van der Waals surface area contributed by atoms with Crippen LogP contribution in [0.3, 0.4) is 0 Å². The van der Waals surface area contributed by atoms with E-state index in [-0.39, 0.29) is 5.91 Å². The van der Waals surface area contributed by atoms with E-state index in [1.807, 2.05) is 17.0 Å². The molecule has 0 heterocycles. The number of carbonyl (C=O) groups is 1. The Hall–Kier alpha value is -1.91. The minimum Gasteiger partial charge on any atom is -0.493 e. The van der Waals surface area contributed by atoms with E-state index in [4.69, 9.17) is 14.2 Å². The molecule has 2 rings (SSSR count). The third kappa shape index (κ3) is 4.13. The van der Waals surface area contributed by atoms with Crippen molar-refractivity contribution in [1.29, 1.82) is 0 Å². The summed E-state index contributed by atoms with van der Waals surface area (Å²) in [7, 11) is 4.75. The van der Waals surface area contributed by atoms with Crippen LogP contribution in [0.1, 0.15) is 44.6 Å². The SMILES string of the molecule is CCN(C(=O)Cc1cc(OC)c(OC)c(OC)c1)C1CCCCC1. The topological polar surface area (TPSA) is 48.0 Å². The molecule has 0 bridgehead atoms. The molecule has 0 aliphatic heterocycles. The van der Waals surface area contributed by atoms with Crippen molar-refractivity contribution in [2.75, 3.05) is 27.9 Å². The van der Waals surface area contributed by atoms with E-state index in [1.54, 1.807) is 21.3 Å². The van der Waals surface area contributed by atoms with E-state index in [0.29, 0.717) is 29.7 Å². The lowest BCUT2D eigenvalue weighted by Gasteiger charge is -2.33. The van der Waals surface area contributed by atoms with Gasteiger partial charge in [0.2, 0.25) is 11.7 Å².